The van der Waals surface area contributed by atoms with Crippen LogP contribution in [0.15, 0.2) is 163 Å². The van der Waals surface area contributed by atoms with Crippen LogP contribution in [0.4, 0.5) is 5.69 Å². The number of benzene rings is 6. The van der Waals surface area contributed by atoms with Crippen molar-refractivity contribution < 1.29 is 0 Å². The summed E-state index contributed by atoms with van der Waals surface area (Å²) in [6.45, 7) is 0. The molecule has 0 saturated carbocycles. The van der Waals surface area contributed by atoms with Crippen molar-refractivity contribution in [3.05, 3.63) is 175 Å². The lowest BCUT2D eigenvalue weighted by Crippen LogP contribution is -2.14. The van der Waals surface area contributed by atoms with Crippen molar-refractivity contribution in [2.24, 2.45) is 16.8 Å². The van der Waals surface area contributed by atoms with E-state index in [0.29, 0.717) is 11.8 Å². The molecule has 0 amide bonds. The van der Waals surface area contributed by atoms with Crippen LogP contribution in [0.2, 0.25) is 0 Å². The Morgan fingerprint density at radius 2 is 1.38 bits per heavy atom. The number of nitrogens with zero attached hydrogens (tertiary/aromatic N) is 2. The molecule has 0 spiro atoms. The number of aromatic nitrogens is 1. The number of rotatable bonds is 4. The van der Waals surface area contributed by atoms with Crippen LogP contribution in [0.25, 0.3) is 60.1 Å². The Hall–Kier alpha value is -5.86. The highest BCUT2D eigenvalue weighted by Crippen LogP contribution is 2.46. The lowest BCUT2D eigenvalue weighted by Gasteiger charge is -2.28. The van der Waals surface area contributed by atoms with E-state index in [-0.39, 0.29) is 5.92 Å². The highest BCUT2D eigenvalue weighted by molar-refractivity contribution is 6.20. The maximum Gasteiger partial charge on any atom is 0.0658 e. The number of fused-ring (bicyclic) bond motifs is 5. The Labute approximate surface area is 292 Å². The van der Waals surface area contributed by atoms with Gasteiger partial charge in [-0.1, -0.05) is 127 Å². The Kier molecular flexibility index (Phi) is 6.94. The molecule has 2 nitrogen and oxygen atoms in total. The van der Waals surface area contributed by atoms with Gasteiger partial charge >= 0.3 is 0 Å². The molecule has 3 unspecified atom stereocenters. The summed E-state index contributed by atoms with van der Waals surface area (Å²) in [6.07, 6.45) is 19.5. The van der Waals surface area contributed by atoms with Gasteiger partial charge in [-0.25, -0.2) is 0 Å². The number of aliphatic imine (C=N–C) groups is 1. The van der Waals surface area contributed by atoms with E-state index < -0.39 is 0 Å². The minimum Gasteiger partial charge on any atom is -0.260 e. The van der Waals surface area contributed by atoms with E-state index in [1.54, 1.807) is 0 Å². The molecule has 2 heteroatoms. The van der Waals surface area contributed by atoms with Crippen molar-refractivity contribution in [2.75, 3.05) is 0 Å². The molecule has 0 radical (unpaired) electrons. The third-order valence-electron chi connectivity index (χ3n) is 11.1. The molecule has 50 heavy (non-hydrogen) atoms. The van der Waals surface area contributed by atoms with Crippen LogP contribution in [0.1, 0.15) is 35.6 Å². The largest absolute Gasteiger partial charge is 0.260 e. The van der Waals surface area contributed by atoms with E-state index in [4.69, 9.17) is 9.98 Å². The predicted octanol–water partition coefficient (Wildman–Crippen LogP) is 12.5. The van der Waals surface area contributed by atoms with Gasteiger partial charge in [-0.15, -0.1) is 0 Å². The quantitative estimate of drug-likeness (QED) is 0.139. The van der Waals surface area contributed by atoms with Crippen molar-refractivity contribution in [3.63, 3.8) is 0 Å². The lowest BCUT2D eigenvalue weighted by atomic mass is 9.76. The number of para-hydroxylation sites is 1. The molecule has 0 saturated heterocycles. The molecule has 0 N–H and O–H groups in total. The molecular weight excluding hydrogens is 605 g/mol. The van der Waals surface area contributed by atoms with Crippen LogP contribution in [0.3, 0.4) is 0 Å². The van der Waals surface area contributed by atoms with Gasteiger partial charge in [0.05, 0.1) is 5.69 Å². The van der Waals surface area contributed by atoms with Crippen molar-refractivity contribution in [1.29, 1.82) is 0 Å². The van der Waals surface area contributed by atoms with Gasteiger partial charge in [-0.05, 0) is 115 Å². The van der Waals surface area contributed by atoms with Crippen LogP contribution >= 0.6 is 0 Å². The number of pyridine rings is 1. The summed E-state index contributed by atoms with van der Waals surface area (Å²) in [5.74, 6) is 1.20. The molecular formula is C48H36N2. The summed E-state index contributed by atoms with van der Waals surface area (Å²) in [5, 5.41) is 7.67. The van der Waals surface area contributed by atoms with Gasteiger partial charge in [0.2, 0.25) is 0 Å². The van der Waals surface area contributed by atoms with Crippen LogP contribution < -0.4 is 0 Å². The highest BCUT2D eigenvalue weighted by atomic mass is 14.8. The van der Waals surface area contributed by atoms with Crippen LogP contribution in [0.5, 0.6) is 0 Å². The summed E-state index contributed by atoms with van der Waals surface area (Å²) in [5.41, 5.74) is 10.9. The minimum atomic E-state index is 0.182. The zero-order valence-corrected chi connectivity index (χ0v) is 27.8. The average Bonchev–Trinajstić information content (AvgIpc) is 3.19. The topological polar surface area (TPSA) is 25.2 Å². The number of hydrogen-bond acceptors (Lipinski definition) is 2. The first kappa shape index (κ1) is 29.1. The molecule has 1 aromatic heterocycles. The Morgan fingerprint density at radius 3 is 2.28 bits per heavy atom. The normalized spacial score (nSPS) is 19.4. The third-order valence-corrected chi connectivity index (χ3v) is 11.1. The zero-order valence-electron chi connectivity index (χ0n) is 27.8. The fraction of sp³-hybridized carbons (Fsp3) is 0.125. The second-order valence-electron chi connectivity index (χ2n) is 14.0. The zero-order chi connectivity index (χ0) is 33.0. The van der Waals surface area contributed by atoms with Gasteiger partial charge in [-0.2, -0.15) is 0 Å². The first-order valence-corrected chi connectivity index (χ1v) is 17.9. The molecule has 3 aliphatic rings. The molecule has 6 aromatic carbocycles. The van der Waals surface area contributed by atoms with Gasteiger partial charge < -0.3 is 0 Å². The Balaban J connectivity index is 1.15. The summed E-state index contributed by atoms with van der Waals surface area (Å²) in [7, 11) is 0. The van der Waals surface area contributed by atoms with E-state index in [1.165, 1.54) is 72.1 Å². The molecule has 3 atom stereocenters. The van der Waals surface area contributed by atoms with E-state index in [9.17, 15) is 0 Å². The second-order valence-corrected chi connectivity index (χ2v) is 14.0. The van der Waals surface area contributed by atoms with Crippen molar-refractivity contribution in [2.45, 2.75) is 25.2 Å². The second kappa shape index (κ2) is 11.9. The molecule has 10 rings (SSSR count). The van der Waals surface area contributed by atoms with Gasteiger partial charge in [0.15, 0.2) is 0 Å². The van der Waals surface area contributed by atoms with Crippen LogP contribution in [-0.4, -0.2) is 11.2 Å². The van der Waals surface area contributed by atoms with E-state index in [2.05, 4.69) is 164 Å². The minimum absolute atomic E-state index is 0.182. The SMILES string of the molecule is C1=CC2C=CC(c3c4ccccc4c(-c4ccc5ccccc5c4)c4ccc(-c5ccc(C6C=Nc7ccccc7C6)nc5)cc34)=CC2CC1. The van der Waals surface area contributed by atoms with Gasteiger partial charge in [0, 0.05) is 35.5 Å². The molecule has 7 aromatic rings. The van der Waals surface area contributed by atoms with Crippen molar-refractivity contribution in [3.8, 4) is 22.3 Å². The lowest BCUT2D eigenvalue weighted by molar-refractivity contribution is 0.494. The summed E-state index contributed by atoms with van der Waals surface area (Å²) in [6, 6.07) is 44.5. The molecule has 2 heterocycles. The maximum atomic E-state index is 5.01. The van der Waals surface area contributed by atoms with E-state index >= 15 is 0 Å². The van der Waals surface area contributed by atoms with Gasteiger partial charge in [0.1, 0.15) is 0 Å². The molecule has 1 aliphatic heterocycles. The van der Waals surface area contributed by atoms with Gasteiger partial charge in [0.25, 0.3) is 0 Å². The smallest absolute Gasteiger partial charge is 0.0658 e. The molecule has 0 bridgehead atoms. The average molecular weight is 641 g/mol. The predicted molar refractivity (Wildman–Crippen MR) is 211 cm³/mol. The Bertz CT molecular complexity index is 2580. The fourth-order valence-electron chi connectivity index (χ4n) is 8.52. The number of allylic oxidation sites excluding steroid dienone is 6. The molecule has 2 aliphatic carbocycles. The first-order chi connectivity index (χ1) is 24.8. The van der Waals surface area contributed by atoms with Crippen LogP contribution in [-0.2, 0) is 6.42 Å². The monoisotopic (exact) mass is 640 g/mol. The van der Waals surface area contributed by atoms with Crippen LogP contribution in [0, 0.1) is 11.8 Å². The van der Waals surface area contributed by atoms with Gasteiger partial charge in [-0.3, -0.25) is 9.98 Å². The van der Waals surface area contributed by atoms with E-state index in [1.807, 2.05) is 0 Å². The molecule has 238 valence electrons. The Morgan fingerprint density at radius 1 is 0.600 bits per heavy atom. The third kappa shape index (κ3) is 4.94. The fourth-order valence-corrected chi connectivity index (χ4v) is 8.52. The first-order valence-electron chi connectivity index (χ1n) is 17.9. The summed E-state index contributed by atoms with van der Waals surface area (Å²) < 4.78 is 0. The summed E-state index contributed by atoms with van der Waals surface area (Å²) in [4.78, 5) is 9.75. The van der Waals surface area contributed by atoms with Crippen molar-refractivity contribution >= 4 is 49.8 Å². The maximum absolute atomic E-state index is 5.01. The standard InChI is InChI=1S/C48H36N2/c1-3-11-33-25-37(19-17-31(33)9-1)47-41-14-6-7-15-42(41)48(38-20-18-32-10-2-4-12-34(32)26-38)44-28-35(21-23-43(44)47)39-22-24-46(49-29-39)40-27-36-13-5-8-16-45(36)50-30-40/h1-3,5-11,13-26,28-30,32,34,40H,4,12,27H2. The highest BCUT2D eigenvalue weighted by Gasteiger charge is 2.25. The van der Waals surface area contributed by atoms with Crippen molar-refractivity contribution in [1.82, 2.24) is 4.98 Å². The molecule has 0 fully saturated rings. The summed E-state index contributed by atoms with van der Waals surface area (Å²) >= 11 is 0. The van der Waals surface area contributed by atoms with E-state index in [0.717, 1.165) is 29.8 Å². The number of hydrogen-bond donors (Lipinski definition) is 0.